The van der Waals surface area contributed by atoms with Crippen LogP contribution < -0.4 is 4.57 Å². The number of hydrogen-bond donors (Lipinski definition) is 0. The van der Waals surface area contributed by atoms with Crippen LogP contribution in [0.3, 0.4) is 0 Å². The second kappa shape index (κ2) is 9.88. The average Bonchev–Trinajstić information content (AvgIpc) is 3.09. The molecule has 0 aliphatic rings. The first-order valence-corrected chi connectivity index (χ1v) is 10.9. The highest BCUT2D eigenvalue weighted by molar-refractivity contribution is 5.63. The molecule has 1 aromatic carbocycles. The molecule has 2 aromatic heterocycles. The summed E-state index contributed by atoms with van der Waals surface area (Å²) in [6, 6.07) is 6.81. The lowest BCUT2D eigenvalue weighted by Crippen LogP contribution is -2.31. The highest BCUT2D eigenvalue weighted by Crippen LogP contribution is 2.36. The number of nitrogens with zero attached hydrogens (tertiary/aromatic N) is 3. The van der Waals surface area contributed by atoms with Gasteiger partial charge in [-0.15, -0.1) is 13.2 Å². The molecule has 30 heavy (non-hydrogen) atoms. The summed E-state index contributed by atoms with van der Waals surface area (Å²) in [7, 11) is 2.13. The minimum Gasteiger partial charge on any atom is -0.264 e. The lowest BCUT2D eigenvalue weighted by molar-refractivity contribution is -0.659. The second-order valence-corrected chi connectivity index (χ2v) is 8.59. The van der Waals surface area contributed by atoms with Crippen molar-refractivity contribution in [3.05, 3.63) is 78.4 Å². The maximum absolute atomic E-state index is 4.48. The molecule has 2 heterocycles. The van der Waals surface area contributed by atoms with E-state index in [-0.39, 0.29) is 5.41 Å². The van der Waals surface area contributed by atoms with E-state index in [0.29, 0.717) is 0 Å². The van der Waals surface area contributed by atoms with Crippen molar-refractivity contribution in [2.75, 3.05) is 0 Å². The van der Waals surface area contributed by atoms with E-state index in [1.54, 1.807) is 0 Å². The van der Waals surface area contributed by atoms with Crippen molar-refractivity contribution in [3.63, 3.8) is 0 Å². The molecule has 0 fully saturated rings. The molecule has 160 valence electrons. The van der Waals surface area contributed by atoms with E-state index < -0.39 is 0 Å². The zero-order valence-electron chi connectivity index (χ0n) is 19.9. The predicted octanol–water partition coefficient (Wildman–Crippen LogP) is 6.42. The molecule has 0 spiro atoms. The zero-order valence-corrected chi connectivity index (χ0v) is 19.9. The Morgan fingerprint density at radius 1 is 1.10 bits per heavy atom. The van der Waals surface area contributed by atoms with Crippen molar-refractivity contribution < 1.29 is 4.57 Å². The monoisotopic (exact) mass is 404 g/mol. The molecule has 0 radical (unpaired) electrons. The van der Waals surface area contributed by atoms with Gasteiger partial charge in [0.2, 0.25) is 0 Å². The number of imidazole rings is 1. The van der Waals surface area contributed by atoms with Crippen molar-refractivity contribution in [1.82, 2.24) is 9.55 Å². The fourth-order valence-corrected chi connectivity index (χ4v) is 4.50. The quantitative estimate of drug-likeness (QED) is 0.343. The summed E-state index contributed by atoms with van der Waals surface area (Å²) in [5.41, 5.74) is 7.97. The Morgan fingerprint density at radius 3 is 2.30 bits per heavy atom. The van der Waals surface area contributed by atoms with Gasteiger partial charge in [0.1, 0.15) is 18.1 Å². The Bertz CT molecular complexity index is 972. The van der Waals surface area contributed by atoms with Crippen LogP contribution in [0.4, 0.5) is 0 Å². The molecular weight excluding hydrogens is 366 g/mol. The fraction of sp³-hybridized carbons (Fsp3) is 0.407. The molecule has 0 N–H and O–H groups in total. The lowest BCUT2D eigenvalue weighted by atomic mass is 9.79. The molecule has 0 bridgehead atoms. The maximum Gasteiger partial charge on any atom is 0.294 e. The van der Waals surface area contributed by atoms with E-state index in [0.717, 1.165) is 19.3 Å². The lowest BCUT2D eigenvalue weighted by Gasteiger charge is -2.26. The van der Waals surface area contributed by atoms with Gasteiger partial charge in [-0.05, 0) is 60.4 Å². The largest absolute Gasteiger partial charge is 0.294 e. The van der Waals surface area contributed by atoms with E-state index in [2.05, 4.69) is 113 Å². The van der Waals surface area contributed by atoms with Gasteiger partial charge in [-0.3, -0.25) is 4.98 Å². The normalized spacial score (nSPS) is 11.2. The van der Waals surface area contributed by atoms with Crippen molar-refractivity contribution in [2.24, 2.45) is 7.05 Å². The van der Waals surface area contributed by atoms with Crippen LogP contribution in [0.1, 0.15) is 62.8 Å². The molecule has 0 saturated heterocycles. The molecule has 3 aromatic rings. The standard InChI is InChI=1S/C25H34N3.C2H4/c1-8-11-25(5,6)22-17-26-12-10-21(22)24-27(7)13-14-28(24)23-18(3)15-20(9-2)16-19(23)4;1-2/h10,12-17H,8-9,11H2,1-7H3;1-2H2/q+1;. The third-order valence-electron chi connectivity index (χ3n) is 5.87. The summed E-state index contributed by atoms with van der Waals surface area (Å²) in [6.45, 7) is 19.6. The van der Waals surface area contributed by atoms with Crippen molar-refractivity contribution >= 4 is 0 Å². The van der Waals surface area contributed by atoms with Crippen LogP contribution >= 0.6 is 0 Å². The number of rotatable bonds is 6. The Balaban J connectivity index is 0.00000155. The summed E-state index contributed by atoms with van der Waals surface area (Å²) in [6.07, 6.45) is 11.7. The third-order valence-corrected chi connectivity index (χ3v) is 5.87. The van der Waals surface area contributed by atoms with Crippen LogP contribution in [0.2, 0.25) is 0 Å². The average molecular weight is 405 g/mol. The van der Waals surface area contributed by atoms with Gasteiger partial charge in [-0.2, -0.15) is 4.57 Å². The highest BCUT2D eigenvalue weighted by Gasteiger charge is 2.30. The van der Waals surface area contributed by atoms with E-state index in [4.69, 9.17) is 0 Å². The molecule has 0 saturated carbocycles. The fourth-order valence-electron chi connectivity index (χ4n) is 4.50. The van der Waals surface area contributed by atoms with E-state index in [1.165, 1.54) is 39.3 Å². The van der Waals surface area contributed by atoms with E-state index >= 15 is 0 Å². The molecule has 0 amide bonds. The number of pyridine rings is 1. The number of aromatic nitrogens is 3. The van der Waals surface area contributed by atoms with Gasteiger partial charge >= 0.3 is 0 Å². The summed E-state index contributed by atoms with van der Waals surface area (Å²) in [4.78, 5) is 4.48. The Kier molecular flexibility index (Phi) is 7.77. The van der Waals surface area contributed by atoms with Crippen molar-refractivity contribution in [1.29, 1.82) is 0 Å². The van der Waals surface area contributed by atoms with Gasteiger partial charge < -0.3 is 0 Å². The topological polar surface area (TPSA) is 21.7 Å². The van der Waals surface area contributed by atoms with E-state index in [9.17, 15) is 0 Å². The molecule has 0 aliphatic heterocycles. The number of aryl methyl sites for hydroxylation is 4. The minimum absolute atomic E-state index is 0.0800. The third kappa shape index (κ3) is 4.56. The van der Waals surface area contributed by atoms with Crippen LogP contribution in [0, 0.1) is 13.8 Å². The first-order valence-electron chi connectivity index (χ1n) is 10.9. The molecule has 0 atom stereocenters. The van der Waals surface area contributed by atoms with Crippen LogP contribution in [-0.4, -0.2) is 9.55 Å². The van der Waals surface area contributed by atoms with Gasteiger partial charge in [-0.25, -0.2) is 4.57 Å². The van der Waals surface area contributed by atoms with Crippen LogP contribution in [0.25, 0.3) is 17.1 Å². The molecule has 0 unspecified atom stereocenters. The highest BCUT2D eigenvalue weighted by atomic mass is 15.1. The zero-order chi connectivity index (χ0) is 22.5. The smallest absolute Gasteiger partial charge is 0.264 e. The first kappa shape index (κ1) is 23.6. The molecule has 0 aliphatic carbocycles. The minimum atomic E-state index is 0.0800. The number of benzene rings is 1. The van der Waals surface area contributed by atoms with Crippen LogP contribution in [-0.2, 0) is 18.9 Å². The number of hydrogen-bond acceptors (Lipinski definition) is 1. The van der Waals surface area contributed by atoms with Gasteiger partial charge in [0.25, 0.3) is 5.82 Å². The summed E-state index contributed by atoms with van der Waals surface area (Å²) in [5.74, 6) is 1.21. The molecule has 3 heteroatoms. The van der Waals surface area contributed by atoms with Gasteiger partial charge in [-0.1, -0.05) is 46.2 Å². The SMILES string of the molecule is C=C.CCCC(C)(C)c1cnccc1-c1n(-c2c(C)cc(CC)cc2C)cc[n+]1C. The molecule has 3 nitrogen and oxygen atoms in total. The maximum atomic E-state index is 4.48. The predicted molar refractivity (Wildman–Crippen MR) is 128 cm³/mol. The molecular formula is C27H38N3+. The van der Waals surface area contributed by atoms with Crippen molar-refractivity contribution in [3.8, 4) is 17.1 Å². The first-order chi connectivity index (χ1) is 14.3. The van der Waals surface area contributed by atoms with Gasteiger partial charge in [0, 0.05) is 12.4 Å². The van der Waals surface area contributed by atoms with Crippen LogP contribution in [0.15, 0.2) is 56.1 Å². The van der Waals surface area contributed by atoms with Crippen molar-refractivity contribution in [2.45, 2.75) is 66.2 Å². The van der Waals surface area contributed by atoms with E-state index in [1.807, 2.05) is 6.20 Å². The van der Waals surface area contributed by atoms with Gasteiger partial charge in [0.15, 0.2) is 0 Å². The molecule has 3 rings (SSSR count). The Morgan fingerprint density at radius 2 is 1.73 bits per heavy atom. The summed E-state index contributed by atoms with van der Waals surface area (Å²) in [5, 5.41) is 0. The Labute approximate surface area is 183 Å². The van der Waals surface area contributed by atoms with Gasteiger partial charge in [0.05, 0.1) is 12.6 Å². The van der Waals surface area contributed by atoms with Crippen LogP contribution in [0.5, 0.6) is 0 Å². The summed E-state index contributed by atoms with van der Waals surface area (Å²) < 4.78 is 4.58. The Hall–Kier alpha value is -2.68. The second-order valence-electron chi connectivity index (χ2n) is 8.59. The summed E-state index contributed by atoms with van der Waals surface area (Å²) >= 11 is 0.